The Morgan fingerprint density at radius 3 is 1.63 bits per heavy atom. The lowest BCUT2D eigenvalue weighted by molar-refractivity contribution is 0.669. The van der Waals surface area contributed by atoms with E-state index in [2.05, 4.69) is 140 Å². The average molecular weight is 652 g/mol. The molecule has 0 aliphatic carbocycles. The van der Waals surface area contributed by atoms with Crippen molar-refractivity contribution in [3.8, 4) is 56.4 Å². The largest absolute Gasteiger partial charge is 0.456 e. The maximum atomic E-state index is 6.68. The van der Waals surface area contributed by atoms with E-state index in [1.165, 1.54) is 16.5 Å². The molecule has 51 heavy (non-hydrogen) atoms. The minimum Gasteiger partial charge on any atom is -0.456 e. The lowest BCUT2D eigenvalue weighted by Gasteiger charge is -2.12. The summed E-state index contributed by atoms with van der Waals surface area (Å²) in [4.78, 5) is 15.5. The summed E-state index contributed by atoms with van der Waals surface area (Å²) in [7, 11) is 0. The van der Waals surface area contributed by atoms with Crippen LogP contribution in [0.5, 0.6) is 0 Å². The molecule has 0 atom stereocenters. The van der Waals surface area contributed by atoms with Gasteiger partial charge in [0.15, 0.2) is 17.5 Å². The Kier molecular flexibility index (Phi) is 6.78. The van der Waals surface area contributed by atoms with Crippen LogP contribution in [0.1, 0.15) is 0 Å². The first kappa shape index (κ1) is 29.0. The number of rotatable bonds is 5. The van der Waals surface area contributed by atoms with Gasteiger partial charge in [0.05, 0.1) is 0 Å². The van der Waals surface area contributed by atoms with E-state index in [0.717, 1.165) is 65.9 Å². The number of aromatic nitrogens is 3. The van der Waals surface area contributed by atoms with Crippen molar-refractivity contribution in [1.29, 1.82) is 0 Å². The molecule has 238 valence electrons. The molecule has 2 heterocycles. The second kappa shape index (κ2) is 11.9. The minimum atomic E-state index is 0.593. The van der Waals surface area contributed by atoms with Crippen molar-refractivity contribution in [2.24, 2.45) is 0 Å². The van der Waals surface area contributed by atoms with Crippen LogP contribution in [-0.4, -0.2) is 15.0 Å². The third-order valence-electron chi connectivity index (χ3n) is 9.70. The van der Waals surface area contributed by atoms with Gasteiger partial charge in [0.25, 0.3) is 0 Å². The molecule has 0 fully saturated rings. The van der Waals surface area contributed by atoms with E-state index in [0.29, 0.717) is 17.5 Å². The Balaban J connectivity index is 1.25. The van der Waals surface area contributed by atoms with E-state index >= 15 is 0 Å². The van der Waals surface area contributed by atoms with Gasteiger partial charge in [0, 0.05) is 27.5 Å². The molecular weight excluding hydrogens is 623 g/mol. The molecule has 4 nitrogen and oxygen atoms in total. The van der Waals surface area contributed by atoms with Gasteiger partial charge in [-0.05, 0) is 68.1 Å². The third-order valence-corrected chi connectivity index (χ3v) is 9.70. The summed E-state index contributed by atoms with van der Waals surface area (Å²) >= 11 is 0. The van der Waals surface area contributed by atoms with Crippen LogP contribution >= 0.6 is 0 Å². The minimum absolute atomic E-state index is 0.593. The fraction of sp³-hybridized carbons (Fsp3) is 0. The maximum Gasteiger partial charge on any atom is 0.164 e. The molecule has 4 heteroatoms. The number of furan rings is 1. The second-order valence-electron chi connectivity index (χ2n) is 12.8. The molecular formula is C47H29N3O. The Bertz CT molecular complexity index is 2900. The maximum absolute atomic E-state index is 6.68. The van der Waals surface area contributed by atoms with Gasteiger partial charge in [-0.1, -0.05) is 152 Å². The van der Waals surface area contributed by atoms with E-state index in [1.54, 1.807) is 0 Å². The lowest BCUT2D eigenvalue weighted by Crippen LogP contribution is -2.00. The zero-order chi connectivity index (χ0) is 33.7. The van der Waals surface area contributed by atoms with Crippen LogP contribution < -0.4 is 0 Å². The molecule has 10 aromatic rings. The standard InChI is InChI=1S/C47H29N3O/c1-3-11-30(12-4-1)32-19-21-33(22-20-32)38-28-40(44-42(29-38)51-41-26-25-34-14-9-10-18-39(34)43(41)44)47-49-45(35-15-5-2-6-16-35)48-46(50-47)37-24-23-31-13-7-8-17-36(31)27-37/h1-29H. The Hall–Kier alpha value is -6.91. The number of nitrogens with zero attached hydrogens (tertiary/aromatic N) is 3. The monoisotopic (exact) mass is 651 g/mol. The number of hydrogen-bond donors (Lipinski definition) is 0. The SMILES string of the molecule is c1ccc(-c2ccc(-c3cc(-c4nc(-c5ccccc5)nc(-c5ccc6ccccc6c5)n4)c4c(c3)oc3ccc5ccccc5c34)cc2)cc1. The molecule has 0 saturated heterocycles. The Morgan fingerprint density at radius 1 is 0.314 bits per heavy atom. The lowest BCUT2D eigenvalue weighted by atomic mass is 9.95. The fourth-order valence-electron chi connectivity index (χ4n) is 7.17. The van der Waals surface area contributed by atoms with Crippen LogP contribution in [0.2, 0.25) is 0 Å². The highest BCUT2D eigenvalue weighted by molar-refractivity contribution is 6.23. The van der Waals surface area contributed by atoms with Gasteiger partial charge < -0.3 is 4.42 Å². The van der Waals surface area contributed by atoms with Crippen molar-refractivity contribution >= 4 is 43.5 Å². The highest BCUT2D eigenvalue weighted by Gasteiger charge is 2.21. The Morgan fingerprint density at radius 2 is 0.863 bits per heavy atom. The topological polar surface area (TPSA) is 51.8 Å². The number of hydrogen-bond acceptors (Lipinski definition) is 4. The Labute approximate surface area is 294 Å². The van der Waals surface area contributed by atoms with Gasteiger partial charge in [0.2, 0.25) is 0 Å². The van der Waals surface area contributed by atoms with Crippen LogP contribution in [0.3, 0.4) is 0 Å². The summed E-state index contributed by atoms with van der Waals surface area (Å²) in [6.45, 7) is 0. The quantitative estimate of drug-likeness (QED) is 0.186. The van der Waals surface area contributed by atoms with Gasteiger partial charge in [-0.15, -0.1) is 0 Å². The summed E-state index contributed by atoms with van der Waals surface area (Å²) in [5.41, 5.74) is 8.82. The average Bonchev–Trinajstić information content (AvgIpc) is 3.60. The van der Waals surface area contributed by atoms with Crippen molar-refractivity contribution in [3.63, 3.8) is 0 Å². The molecule has 0 aliphatic heterocycles. The predicted octanol–water partition coefficient (Wildman–Crippen LogP) is 12.4. The second-order valence-corrected chi connectivity index (χ2v) is 12.8. The van der Waals surface area contributed by atoms with Crippen LogP contribution in [-0.2, 0) is 0 Å². The van der Waals surface area contributed by atoms with Gasteiger partial charge in [-0.25, -0.2) is 15.0 Å². The summed E-state index contributed by atoms with van der Waals surface area (Å²) in [5.74, 6) is 1.83. The first-order chi connectivity index (χ1) is 25.2. The van der Waals surface area contributed by atoms with Gasteiger partial charge in [-0.2, -0.15) is 0 Å². The summed E-state index contributed by atoms with van der Waals surface area (Å²) < 4.78 is 6.68. The summed E-state index contributed by atoms with van der Waals surface area (Å²) in [6, 6.07) is 61.0. The molecule has 2 aromatic heterocycles. The summed E-state index contributed by atoms with van der Waals surface area (Å²) in [6.07, 6.45) is 0. The fourth-order valence-corrected chi connectivity index (χ4v) is 7.17. The third kappa shape index (κ3) is 5.13. The van der Waals surface area contributed by atoms with Gasteiger partial charge in [0.1, 0.15) is 11.2 Å². The van der Waals surface area contributed by atoms with Crippen LogP contribution in [0.4, 0.5) is 0 Å². The van der Waals surface area contributed by atoms with E-state index in [4.69, 9.17) is 19.4 Å². The smallest absolute Gasteiger partial charge is 0.164 e. The highest BCUT2D eigenvalue weighted by atomic mass is 16.3. The van der Waals surface area contributed by atoms with Gasteiger partial charge in [-0.3, -0.25) is 0 Å². The van der Waals surface area contributed by atoms with Crippen molar-refractivity contribution < 1.29 is 4.42 Å². The zero-order valence-corrected chi connectivity index (χ0v) is 27.5. The van der Waals surface area contributed by atoms with Crippen molar-refractivity contribution in [1.82, 2.24) is 15.0 Å². The molecule has 8 aromatic carbocycles. The molecule has 0 N–H and O–H groups in total. The van der Waals surface area contributed by atoms with E-state index < -0.39 is 0 Å². The number of fused-ring (bicyclic) bond motifs is 6. The van der Waals surface area contributed by atoms with E-state index in [-0.39, 0.29) is 0 Å². The molecule has 0 amide bonds. The molecule has 0 aliphatic rings. The van der Waals surface area contributed by atoms with Crippen LogP contribution in [0.15, 0.2) is 180 Å². The highest BCUT2D eigenvalue weighted by Crippen LogP contribution is 2.42. The number of benzene rings is 8. The molecule has 0 bridgehead atoms. The molecule has 0 saturated carbocycles. The molecule has 0 unspecified atom stereocenters. The van der Waals surface area contributed by atoms with Crippen LogP contribution in [0.25, 0.3) is 99.9 Å². The van der Waals surface area contributed by atoms with Crippen LogP contribution in [0, 0.1) is 0 Å². The van der Waals surface area contributed by atoms with E-state index in [1.807, 2.05) is 36.4 Å². The van der Waals surface area contributed by atoms with Crippen molar-refractivity contribution in [3.05, 3.63) is 176 Å². The van der Waals surface area contributed by atoms with Crippen molar-refractivity contribution in [2.75, 3.05) is 0 Å². The predicted molar refractivity (Wildman–Crippen MR) is 209 cm³/mol. The molecule has 10 rings (SSSR count). The first-order valence-corrected chi connectivity index (χ1v) is 17.1. The van der Waals surface area contributed by atoms with Gasteiger partial charge >= 0.3 is 0 Å². The van der Waals surface area contributed by atoms with E-state index in [9.17, 15) is 0 Å². The zero-order valence-electron chi connectivity index (χ0n) is 27.5. The van der Waals surface area contributed by atoms with Crippen molar-refractivity contribution in [2.45, 2.75) is 0 Å². The molecule has 0 radical (unpaired) electrons. The normalized spacial score (nSPS) is 11.5. The first-order valence-electron chi connectivity index (χ1n) is 17.1. The summed E-state index contributed by atoms with van der Waals surface area (Å²) in [5, 5.41) is 6.62. The molecule has 0 spiro atoms.